The van der Waals surface area contributed by atoms with Gasteiger partial charge in [0.15, 0.2) is 12.5 Å². The fourth-order valence-corrected chi connectivity index (χ4v) is 3.64. The third-order valence-corrected chi connectivity index (χ3v) is 5.32. The van der Waals surface area contributed by atoms with Gasteiger partial charge in [-0.05, 0) is 0 Å². The van der Waals surface area contributed by atoms with E-state index >= 15 is 0 Å². The molecule has 0 aromatic carbocycles. The van der Waals surface area contributed by atoms with Crippen LogP contribution in [-0.2, 0) is 18.6 Å². The van der Waals surface area contributed by atoms with Crippen LogP contribution >= 0.6 is 7.82 Å². The summed E-state index contributed by atoms with van der Waals surface area (Å²) in [5.41, 5.74) is -2.08. The maximum absolute atomic E-state index is 12.8. The molecule has 3 rings (SSSR count). The minimum Gasteiger partial charge on any atom is -0.394 e. The summed E-state index contributed by atoms with van der Waals surface area (Å²) in [5, 5.41) is 49.4. The van der Waals surface area contributed by atoms with Gasteiger partial charge in [0.25, 0.3) is 5.56 Å². The smallest absolute Gasteiger partial charge is 0.394 e. The lowest BCUT2D eigenvalue weighted by molar-refractivity contribution is -0.0681. The van der Waals surface area contributed by atoms with Crippen LogP contribution in [0.25, 0.3) is 0 Å². The van der Waals surface area contributed by atoms with Gasteiger partial charge in [0.2, 0.25) is 0 Å². The van der Waals surface area contributed by atoms with Gasteiger partial charge in [-0.1, -0.05) is 0 Å². The van der Waals surface area contributed by atoms with Crippen LogP contribution in [0.3, 0.4) is 0 Å². The Bertz CT molecular complexity index is 927. The normalized spacial score (nSPS) is 37.0. The van der Waals surface area contributed by atoms with Gasteiger partial charge in [-0.3, -0.25) is 13.9 Å². The molecule has 0 bridgehead atoms. The molecule has 0 aliphatic carbocycles. The van der Waals surface area contributed by atoms with Gasteiger partial charge < -0.3 is 44.8 Å². The van der Waals surface area contributed by atoms with Crippen molar-refractivity contribution in [1.82, 2.24) is 9.13 Å². The molecule has 0 saturated carbocycles. The molecule has 16 heteroatoms. The van der Waals surface area contributed by atoms with Crippen LogP contribution in [0.4, 0.5) is 0 Å². The molecular weight excluding hydrogens is 435 g/mol. The van der Waals surface area contributed by atoms with Crippen molar-refractivity contribution >= 4 is 7.82 Å². The Morgan fingerprint density at radius 2 is 1.53 bits per heavy atom. The van der Waals surface area contributed by atoms with Gasteiger partial charge >= 0.3 is 13.5 Å². The van der Waals surface area contributed by atoms with E-state index in [1.165, 1.54) is 0 Å². The van der Waals surface area contributed by atoms with Gasteiger partial charge in [0.1, 0.15) is 36.6 Å². The van der Waals surface area contributed by atoms with Crippen LogP contribution in [0.15, 0.2) is 21.9 Å². The fourth-order valence-electron chi connectivity index (χ4n) is 3.30. The number of rotatable bonds is 6. The fraction of sp³-hybridized carbons (Fsp3) is 0.714. The van der Waals surface area contributed by atoms with E-state index in [0.717, 1.165) is 12.3 Å². The second-order valence-corrected chi connectivity index (χ2v) is 8.01. The minimum atomic E-state index is -4.89. The Morgan fingerprint density at radius 3 is 2.10 bits per heavy atom. The number of phosphoric acid groups is 1. The molecule has 1 unspecified atom stereocenters. The van der Waals surface area contributed by atoms with Crippen molar-refractivity contribution in [2.24, 2.45) is 0 Å². The van der Waals surface area contributed by atoms with Crippen molar-refractivity contribution in [3.63, 3.8) is 0 Å². The molecule has 2 fully saturated rings. The third-order valence-electron chi connectivity index (χ3n) is 4.83. The van der Waals surface area contributed by atoms with Crippen molar-refractivity contribution in [3.8, 4) is 0 Å². The highest BCUT2D eigenvalue weighted by Crippen LogP contribution is 2.38. The molecule has 0 spiro atoms. The number of aliphatic hydroxyl groups excluding tert-OH is 5. The molecule has 170 valence electrons. The molecule has 2 aliphatic rings. The van der Waals surface area contributed by atoms with Crippen LogP contribution in [-0.4, -0.2) is 94.3 Å². The van der Waals surface area contributed by atoms with Crippen molar-refractivity contribution in [2.45, 2.75) is 49.1 Å². The Morgan fingerprint density at radius 1 is 0.967 bits per heavy atom. The minimum absolute atomic E-state index is 0.436. The zero-order valence-electron chi connectivity index (χ0n) is 15.1. The molecule has 3 heterocycles. The average molecular weight is 456 g/mol. The Hall–Kier alpha value is -1.49. The standard InChI is InChI=1S/C14H21N2O13P/c17-3-5-8(19)11(22)13(28-5)16-7(18)1-2-15(14(16)23)12-10(21)9(20)6(29-12)4-27-30(24,25)26/h1-2,5-6,8-13,17,19-22H,3-4H2,(H2,24,25,26)/t5-,6-,8-,9-,10-,11+,12-,13?/m1/s1. The molecule has 2 aliphatic heterocycles. The van der Waals surface area contributed by atoms with Crippen molar-refractivity contribution in [2.75, 3.05) is 13.2 Å². The second kappa shape index (κ2) is 8.57. The lowest BCUT2D eigenvalue weighted by atomic mass is 10.1. The highest BCUT2D eigenvalue weighted by Gasteiger charge is 2.47. The Balaban J connectivity index is 1.91. The first-order valence-corrected chi connectivity index (χ1v) is 10.2. The topological polar surface area (TPSA) is 230 Å². The highest BCUT2D eigenvalue weighted by molar-refractivity contribution is 7.46. The number of aromatic nitrogens is 2. The van der Waals surface area contributed by atoms with E-state index in [-0.39, 0.29) is 0 Å². The molecule has 2 saturated heterocycles. The van der Waals surface area contributed by atoms with Crippen LogP contribution in [0.5, 0.6) is 0 Å². The SMILES string of the molecule is O=c1ccn([C@@H]2O[C@H](COP(=O)(O)O)[C@@H](O)[C@H]2O)c(=O)n1C1O[C@H](CO)[C@@H](O)[C@@H]1O. The Labute approximate surface area is 167 Å². The quantitative estimate of drug-likeness (QED) is 0.200. The number of nitrogens with zero attached hydrogens (tertiary/aromatic N) is 2. The van der Waals surface area contributed by atoms with E-state index in [9.17, 15) is 39.7 Å². The molecule has 30 heavy (non-hydrogen) atoms. The summed E-state index contributed by atoms with van der Waals surface area (Å²) in [5.74, 6) is 0. The van der Waals surface area contributed by atoms with Crippen molar-refractivity contribution < 1.29 is 53.9 Å². The molecule has 0 amide bonds. The van der Waals surface area contributed by atoms with E-state index in [4.69, 9.17) is 19.3 Å². The summed E-state index contributed by atoms with van der Waals surface area (Å²) in [7, 11) is -4.89. The molecule has 7 N–H and O–H groups in total. The van der Waals surface area contributed by atoms with Crippen LogP contribution in [0.2, 0.25) is 0 Å². The number of aliphatic hydroxyl groups is 5. The highest BCUT2D eigenvalue weighted by atomic mass is 31.2. The van der Waals surface area contributed by atoms with E-state index in [0.29, 0.717) is 9.13 Å². The largest absolute Gasteiger partial charge is 0.469 e. The lowest BCUT2D eigenvalue weighted by Crippen LogP contribution is -2.47. The summed E-state index contributed by atoms with van der Waals surface area (Å²) >= 11 is 0. The number of phosphoric ester groups is 1. The predicted molar refractivity (Wildman–Crippen MR) is 91.9 cm³/mol. The summed E-state index contributed by atoms with van der Waals surface area (Å²) in [6, 6.07) is 0.873. The molecule has 0 radical (unpaired) electrons. The molecular formula is C14H21N2O13P. The second-order valence-electron chi connectivity index (χ2n) is 6.78. The summed E-state index contributed by atoms with van der Waals surface area (Å²) in [6.07, 6.45) is -11.7. The first-order chi connectivity index (χ1) is 14.0. The van der Waals surface area contributed by atoms with E-state index in [1.807, 2.05) is 0 Å². The summed E-state index contributed by atoms with van der Waals surface area (Å²) in [6.45, 7) is -1.50. The molecule has 15 nitrogen and oxygen atoms in total. The number of hydrogen-bond acceptors (Lipinski definition) is 11. The molecule has 1 aromatic rings. The van der Waals surface area contributed by atoms with Gasteiger partial charge in [0.05, 0.1) is 13.2 Å². The van der Waals surface area contributed by atoms with Crippen LogP contribution in [0, 0.1) is 0 Å². The number of hydrogen-bond donors (Lipinski definition) is 7. The predicted octanol–water partition coefficient (Wildman–Crippen LogP) is -4.65. The maximum atomic E-state index is 12.8. The van der Waals surface area contributed by atoms with Crippen LogP contribution < -0.4 is 11.2 Å². The van der Waals surface area contributed by atoms with Gasteiger partial charge in [-0.2, -0.15) is 0 Å². The van der Waals surface area contributed by atoms with E-state index in [1.54, 1.807) is 0 Å². The van der Waals surface area contributed by atoms with E-state index in [2.05, 4.69) is 4.52 Å². The van der Waals surface area contributed by atoms with Crippen molar-refractivity contribution in [3.05, 3.63) is 33.1 Å². The summed E-state index contributed by atoms with van der Waals surface area (Å²) < 4.78 is 26.7. The maximum Gasteiger partial charge on any atom is 0.469 e. The monoisotopic (exact) mass is 456 g/mol. The first-order valence-electron chi connectivity index (χ1n) is 8.64. The van der Waals surface area contributed by atoms with E-state index < -0.39 is 81.4 Å². The van der Waals surface area contributed by atoms with Gasteiger partial charge in [-0.25, -0.2) is 13.9 Å². The Kier molecular flexibility index (Phi) is 6.62. The molecule has 8 atom stereocenters. The van der Waals surface area contributed by atoms with Gasteiger partial charge in [0, 0.05) is 12.3 Å². The molecule has 1 aromatic heterocycles. The summed E-state index contributed by atoms with van der Waals surface area (Å²) in [4.78, 5) is 42.6. The zero-order chi connectivity index (χ0) is 22.4. The van der Waals surface area contributed by atoms with Crippen molar-refractivity contribution in [1.29, 1.82) is 0 Å². The lowest BCUT2D eigenvalue weighted by Gasteiger charge is -2.22. The first kappa shape index (κ1) is 23.2. The zero-order valence-corrected chi connectivity index (χ0v) is 16.0. The average Bonchev–Trinajstić information content (AvgIpc) is 3.11. The van der Waals surface area contributed by atoms with Gasteiger partial charge in [-0.15, -0.1) is 0 Å². The third kappa shape index (κ3) is 4.28. The van der Waals surface area contributed by atoms with Crippen LogP contribution in [0.1, 0.15) is 12.5 Å². The number of ether oxygens (including phenoxy) is 2.